The normalized spacial score (nSPS) is 14.9. The van der Waals surface area contributed by atoms with Crippen molar-refractivity contribution in [1.29, 1.82) is 0 Å². The summed E-state index contributed by atoms with van der Waals surface area (Å²) >= 11 is 0. The largest absolute Gasteiger partial charge is 0.481 e. The van der Waals surface area contributed by atoms with Gasteiger partial charge < -0.3 is 25.0 Å². The van der Waals surface area contributed by atoms with E-state index in [0.717, 1.165) is 56.7 Å². The van der Waals surface area contributed by atoms with Gasteiger partial charge in [0.25, 0.3) is 5.56 Å². The molecular formula is C28H41N7O3. The molecule has 0 aliphatic carbocycles. The number of fused-ring (bicyclic) bond motifs is 1. The van der Waals surface area contributed by atoms with Crippen LogP contribution in [0.5, 0.6) is 5.88 Å². The summed E-state index contributed by atoms with van der Waals surface area (Å²) in [5.41, 5.74) is 2.72. The van der Waals surface area contributed by atoms with E-state index in [0.29, 0.717) is 49.2 Å². The van der Waals surface area contributed by atoms with Crippen molar-refractivity contribution in [1.82, 2.24) is 29.7 Å². The molecule has 1 saturated heterocycles. The number of ether oxygens (including phenoxy) is 2. The molecule has 0 bridgehead atoms. The average Bonchev–Trinajstić information content (AvgIpc) is 3.19. The van der Waals surface area contributed by atoms with Gasteiger partial charge in [0.2, 0.25) is 5.88 Å². The summed E-state index contributed by atoms with van der Waals surface area (Å²) in [4.78, 5) is 29.7. The number of hydrogen-bond acceptors (Lipinski definition) is 9. The minimum absolute atomic E-state index is 0.0405. The van der Waals surface area contributed by atoms with Crippen LogP contribution in [0.3, 0.4) is 0 Å². The third-order valence-electron chi connectivity index (χ3n) is 6.71. The molecule has 10 heteroatoms. The van der Waals surface area contributed by atoms with Crippen molar-refractivity contribution in [3.63, 3.8) is 0 Å². The van der Waals surface area contributed by atoms with Gasteiger partial charge >= 0.3 is 0 Å². The molecule has 1 fully saturated rings. The maximum Gasteiger partial charge on any atom is 0.293 e. The Morgan fingerprint density at radius 3 is 2.71 bits per heavy atom. The Labute approximate surface area is 224 Å². The molecule has 2 N–H and O–H groups in total. The summed E-state index contributed by atoms with van der Waals surface area (Å²) in [5, 5.41) is 6.82. The van der Waals surface area contributed by atoms with Crippen molar-refractivity contribution in [3.8, 4) is 17.0 Å². The van der Waals surface area contributed by atoms with Crippen LogP contribution < -0.4 is 20.9 Å². The quantitative estimate of drug-likeness (QED) is 0.347. The lowest BCUT2D eigenvalue weighted by Crippen LogP contribution is -2.40. The Hall–Kier alpha value is -3.08. The maximum atomic E-state index is 13.6. The molecule has 0 aromatic carbocycles. The fourth-order valence-corrected chi connectivity index (χ4v) is 4.73. The Bertz CT molecular complexity index is 1240. The van der Waals surface area contributed by atoms with Crippen LogP contribution in [-0.4, -0.2) is 84.0 Å². The zero-order chi connectivity index (χ0) is 27.0. The summed E-state index contributed by atoms with van der Waals surface area (Å²) in [6.45, 7) is 13.8. The summed E-state index contributed by atoms with van der Waals surface area (Å²) in [7, 11) is 1.59. The topological polar surface area (TPSA) is 106 Å². The van der Waals surface area contributed by atoms with E-state index in [2.05, 4.69) is 51.3 Å². The fraction of sp³-hybridized carbons (Fsp3) is 0.571. The van der Waals surface area contributed by atoms with Gasteiger partial charge in [-0.1, -0.05) is 20.8 Å². The van der Waals surface area contributed by atoms with E-state index < -0.39 is 0 Å². The van der Waals surface area contributed by atoms with Crippen LogP contribution in [0.4, 0.5) is 5.82 Å². The van der Waals surface area contributed by atoms with E-state index >= 15 is 0 Å². The van der Waals surface area contributed by atoms with Gasteiger partial charge in [-0.2, -0.15) is 0 Å². The molecule has 1 aliphatic heterocycles. The molecule has 0 spiro atoms. The van der Waals surface area contributed by atoms with E-state index in [1.807, 2.05) is 12.1 Å². The fourth-order valence-electron chi connectivity index (χ4n) is 4.73. The Morgan fingerprint density at radius 2 is 1.95 bits per heavy atom. The highest BCUT2D eigenvalue weighted by atomic mass is 16.5. The van der Waals surface area contributed by atoms with Gasteiger partial charge in [0.05, 0.1) is 19.2 Å². The van der Waals surface area contributed by atoms with Gasteiger partial charge in [-0.15, -0.1) is 0 Å². The second-order valence-corrected chi connectivity index (χ2v) is 10.6. The predicted molar refractivity (Wildman–Crippen MR) is 151 cm³/mol. The van der Waals surface area contributed by atoms with Crippen LogP contribution in [0.25, 0.3) is 22.3 Å². The summed E-state index contributed by atoms with van der Waals surface area (Å²) in [6.07, 6.45) is 5.58. The summed E-state index contributed by atoms with van der Waals surface area (Å²) < 4.78 is 12.6. The van der Waals surface area contributed by atoms with Crippen LogP contribution in [0.2, 0.25) is 0 Å². The number of methoxy groups -OCH3 is 1. The molecular weight excluding hydrogens is 482 g/mol. The lowest BCUT2D eigenvalue weighted by atomic mass is 9.92. The molecule has 3 aromatic heterocycles. The predicted octanol–water partition coefficient (Wildman–Crippen LogP) is 3.02. The number of rotatable bonds is 12. The SMILES string of the molecule is CCCOCCn1c(=O)c(NCC(C)(C)CN2CCCNCC2)nc2ncc(-c3ccc(OC)nc3)cc21. The van der Waals surface area contributed by atoms with Gasteiger partial charge in [0, 0.05) is 68.9 Å². The van der Waals surface area contributed by atoms with Gasteiger partial charge in [-0.25, -0.2) is 15.0 Å². The van der Waals surface area contributed by atoms with E-state index in [4.69, 9.17) is 9.47 Å². The third kappa shape index (κ3) is 7.27. The van der Waals surface area contributed by atoms with E-state index in [1.54, 1.807) is 30.1 Å². The minimum Gasteiger partial charge on any atom is -0.481 e. The number of aromatic nitrogens is 4. The molecule has 10 nitrogen and oxygen atoms in total. The first-order valence-corrected chi connectivity index (χ1v) is 13.6. The second kappa shape index (κ2) is 13.1. The van der Waals surface area contributed by atoms with Crippen molar-refractivity contribution in [2.45, 2.75) is 40.2 Å². The minimum atomic E-state index is -0.167. The molecule has 0 amide bonds. The van der Waals surface area contributed by atoms with Crippen LogP contribution in [0.15, 0.2) is 35.4 Å². The Kier molecular flexibility index (Phi) is 9.65. The lowest BCUT2D eigenvalue weighted by Gasteiger charge is -2.32. The maximum absolute atomic E-state index is 13.6. The first kappa shape index (κ1) is 27.9. The first-order valence-electron chi connectivity index (χ1n) is 13.6. The molecule has 4 heterocycles. The van der Waals surface area contributed by atoms with Crippen molar-refractivity contribution in [2.24, 2.45) is 5.41 Å². The summed E-state index contributed by atoms with van der Waals surface area (Å²) in [5.74, 6) is 0.866. The van der Waals surface area contributed by atoms with E-state index in [1.165, 1.54) is 0 Å². The molecule has 1 aliphatic rings. The van der Waals surface area contributed by atoms with Crippen molar-refractivity contribution in [3.05, 3.63) is 40.9 Å². The molecule has 4 rings (SSSR count). The smallest absolute Gasteiger partial charge is 0.293 e. The van der Waals surface area contributed by atoms with Gasteiger partial charge in [0.15, 0.2) is 11.5 Å². The Balaban J connectivity index is 1.60. The average molecular weight is 524 g/mol. The number of nitrogens with one attached hydrogen (secondary N) is 2. The molecule has 0 unspecified atom stereocenters. The number of pyridine rings is 2. The molecule has 0 atom stereocenters. The van der Waals surface area contributed by atoms with E-state index in [-0.39, 0.29) is 11.0 Å². The zero-order valence-corrected chi connectivity index (χ0v) is 23.1. The highest BCUT2D eigenvalue weighted by Gasteiger charge is 2.24. The highest BCUT2D eigenvalue weighted by molar-refractivity contribution is 5.78. The standard InChI is InChI=1S/C28H41N7O3/c1-5-14-38-15-13-35-23-16-22(21-7-8-24(37-4)30-17-21)18-31-25(23)33-26(27(35)36)32-19-28(2,3)20-34-11-6-9-29-10-12-34/h7-8,16-18,29H,5-6,9-15,19-20H2,1-4H3,(H,31,32,33). The van der Waals surface area contributed by atoms with Crippen molar-refractivity contribution >= 4 is 17.0 Å². The second-order valence-electron chi connectivity index (χ2n) is 10.6. The van der Waals surface area contributed by atoms with E-state index in [9.17, 15) is 4.79 Å². The van der Waals surface area contributed by atoms with Crippen molar-refractivity contribution < 1.29 is 9.47 Å². The number of hydrogen-bond donors (Lipinski definition) is 2. The number of nitrogens with zero attached hydrogens (tertiary/aromatic N) is 5. The molecule has 38 heavy (non-hydrogen) atoms. The first-order chi connectivity index (χ1) is 18.4. The van der Waals surface area contributed by atoms with Crippen molar-refractivity contribution in [2.75, 3.05) is 64.9 Å². The van der Waals surface area contributed by atoms with Crippen LogP contribution in [0, 0.1) is 5.41 Å². The van der Waals surface area contributed by atoms with Gasteiger partial charge in [-0.05, 0) is 43.5 Å². The Morgan fingerprint density at radius 1 is 1.11 bits per heavy atom. The zero-order valence-electron chi connectivity index (χ0n) is 23.1. The van der Waals surface area contributed by atoms with Gasteiger partial charge in [-0.3, -0.25) is 9.36 Å². The molecule has 0 radical (unpaired) electrons. The number of anilines is 1. The third-order valence-corrected chi connectivity index (χ3v) is 6.71. The molecule has 206 valence electrons. The monoisotopic (exact) mass is 523 g/mol. The molecule has 0 saturated carbocycles. The lowest BCUT2D eigenvalue weighted by molar-refractivity contribution is 0.127. The van der Waals surface area contributed by atoms with Crippen LogP contribution in [-0.2, 0) is 11.3 Å². The summed E-state index contributed by atoms with van der Waals surface area (Å²) in [6, 6.07) is 5.68. The highest BCUT2D eigenvalue weighted by Crippen LogP contribution is 2.24. The van der Waals surface area contributed by atoms with Crippen LogP contribution in [0.1, 0.15) is 33.6 Å². The van der Waals surface area contributed by atoms with Gasteiger partial charge in [0.1, 0.15) is 0 Å². The van der Waals surface area contributed by atoms with Crippen LogP contribution >= 0.6 is 0 Å². The molecule has 3 aromatic rings.